The van der Waals surface area contributed by atoms with Gasteiger partial charge in [-0.05, 0) is 51.3 Å². The second-order valence-electron chi connectivity index (χ2n) is 7.42. The highest BCUT2D eigenvalue weighted by Crippen LogP contribution is 2.24. The second-order valence-corrected chi connectivity index (χ2v) is 7.42. The molecule has 0 aliphatic carbocycles. The summed E-state index contributed by atoms with van der Waals surface area (Å²) >= 11 is 0. The first-order chi connectivity index (χ1) is 11.8. The Hall–Kier alpha value is -1.95. The van der Waals surface area contributed by atoms with Crippen molar-refractivity contribution < 1.29 is 19.0 Å². The predicted molar refractivity (Wildman–Crippen MR) is 97.2 cm³/mol. The summed E-state index contributed by atoms with van der Waals surface area (Å²) in [7, 11) is 3.32. The minimum absolute atomic E-state index is 0.172. The number of methoxy groups -OCH3 is 2. The molecule has 0 bridgehead atoms. The average Bonchev–Trinajstić information content (AvgIpc) is 2.54. The first-order valence-corrected chi connectivity index (χ1v) is 8.73. The van der Waals surface area contributed by atoms with Crippen molar-refractivity contribution in [3.63, 3.8) is 0 Å². The quantitative estimate of drug-likeness (QED) is 0.884. The van der Waals surface area contributed by atoms with Crippen LogP contribution in [0.4, 0.5) is 4.79 Å². The molecule has 1 fully saturated rings. The van der Waals surface area contributed by atoms with E-state index in [1.807, 2.05) is 39.0 Å². The van der Waals surface area contributed by atoms with E-state index >= 15 is 0 Å². The molecule has 6 nitrogen and oxygen atoms in total. The molecule has 1 N–H and O–H groups in total. The van der Waals surface area contributed by atoms with Crippen LogP contribution >= 0.6 is 0 Å². The number of hydrogen-bond acceptors (Lipinski definition) is 5. The molecular weight excluding hydrogens is 320 g/mol. The molecule has 1 aromatic carbocycles. The van der Waals surface area contributed by atoms with Crippen molar-refractivity contribution in [2.45, 2.75) is 51.8 Å². The molecular formula is C19H30N2O4. The largest absolute Gasteiger partial charge is 0.497 e. The zero-order chi connectivity index (χ0) is 18.4. The molecule has 0 saturated carbocycles. The van der Waals surface area contributed by atoms with Crippen LogP contribution in [0.5, 0.6) is 11.5 Å². The molecule has 1 amide bonds. The van der Waals surface area contributed by atoms with E-state index < -0.39 is 5.60 Å². The number of carbonyl (C=O) groups is 1. The summed E-state index contributed by atoms with van der Waals surface area (Å²) in [4.78, 5) is 14.2. The van der Waals surface area contributed by atoms with E-state index in [4.69, 9.17) is 14.2 Å². The normalized spacial score (nSPS) is 16.4. The highest BCUT2D eigenvalue weighted by molar-refractivity contribution is 5.68. The Balaban J connectivity index is 1.83. The van der Waals surface area contributed by atoms with Crippen LogP contribution in [-0.4, -0.2) is 49.9 Å². The Labute approximate surface area is 150 Å². The number of rotatable bonds is 5. The molecule has 0 radical (unpaired) electrons. The summed E-state index contributed by atoms with van der Waals surface area (Å²) in [5, 5.41) is 2.97. The van der Waals surface area contributed by atoms with Gasteiger partial charge in [0.2, 0.25) is 0 Å². The number of nitrogens with one attached hydrogen (secondary N) is 1. The van der Waals surface area contributed by atoms with Crippen molar-refractivity contribution in [1.82, 2.24) is 10.2 Å². The standard InChI is InChI=1S/C19H30N2O4/c1-19(2,3)25-18(22)20-15-6-8-21(9-7-15)13-14-10-16(23-4)12-17(11-14)24-5/h10-12,15H,6-9,13H2,1-5H3,(H,20,22). The van der Waals surface area contributed by atoms with Gasteiger partial charge in [0.05, 0.1) is 14.2 Å². The number of piperidine rings is 1. The van der Waals surface area contributed by atoms with Gasteiger partial charge in [-0.15, -0.1) is 0 Å². The molecule has 1 heterocycles. The van der Waals surface area contributed by atoms with Gasteiger partial charge < -0.3 is 19.5 Å². The van der Waals surface area contributed by atoms with Gasteiger partial charge in [0.15, 0.2) is 0 Å². The Kier molecular flexibility index (Phi) is 6.53. The van der Waals surface area contributed by atoms with E-state index in [1.54, 1.807) is 14.2 Å². The summed E-state index contributed by atoms with van der Waals surface area (Å²) in [6.45, 7) is 8.32. The summed E-state index contributed by atoms with van der Waals surface area (Å²) in [5.41, 5.74) is 0.700. The zero-order valence-corrected chi connectivity index (χ0v) is 15.9. The van der Waals surface area contributed by atoms with Crippen molar-refractivity contribution in [3.8, 4) is 11.5 Å². The molecule has 0 spiro atoms. The summed E-state index contributed by atoms with van der Waals surface area (Å²) < 4.78 is 16.0. The maximum absolute atomic E-state index is 11.9. The Morgan fingerprint density at radius 1 is 1.12 bits per heavy atom. The van der Waals surface area contributed by atoms with E-state index in [1.165, 1.54) is 0 Å². The van der Waals surface area contributed by atoms with Gasteiger partial charge in [0.25, 0.3) is 0 Å². The molecule has 1 aliphatic rings. The minimum atomic E-state index is -0.462. The summed E-state index contributed by atoms with van der Waals surface area (Å²) in [6, 6.07) is 6.12. The fraction of sp³-hybridized carbons (Fsp3) is 0.632. The van der Waals surface area contributed by atoms with Crippen molar-refractivity contribution in [1.29, 1.82) is 0 Å². The lowest BCUT2D eigenvalue weighted by molar-refractivity contribution is 0.0477. The molecule has 1 aromatic rings. The number of amides is 1. The van der Waals surface area contributed by atoms with Crippen molar-refractivity contribution >= 4 is 6.09 Å². The highest BCUT2D eigenvalue weighted by atomic mass is 16.6. The third kappa shape index (κ3) is 6.46. The lowest BCUT2D eigenvalue weighted by Gasteiger charge is -2.33. The number of hydrogen-bond donors (Lipinski definition) is 1. The second kappa shape index (κ2) is 8.43. The van der Waals surface area contributed by atoms with Crippen molar-refractivity contribution in [2.24, 2.45) is 0 Å². The van der Waals surface area contributed by atoms with E-state index in [9.17, 15) is 4.79 Å². The first kappa shape index (κ1) is 19.4. The Morgan fingerprint density at radius 3 is 2.16 bits per heavy atom. The van der Waals surface area contributed by atoms with Crippen LogP contribution in [0.1, 0.15) is 39.2 Å². The Bertz CT molecular complexity index is 553. The molecule has 0 aromatic heterocycles. The van der Waals surface area contributed by atoms with Crippen LogP contribution in [0.25, 0.3) is 0 Å². The molecule has 6 heteroatoms. The smallest absolute Gasteiger partial charge is 0.407 e. The van der Waals surface area contributed by atoms with Crippen LogP contribution in [0, 0.1) is 0 Å². The molecule has 0 unspecified atom stereocenters. The lowest BCUT2D eigenvalue weighted by atomic mass is 10.0. The van der Waals surface area contributed by atoms with Crippen molar-refractivity contribution in [2.75, 3.05) is 27.3 Å². The number of alkyl carbamates (subject to hydrolysis) is 1. The fourth-order valence-corrected chi connectivity index (χ4v) is 2.93. The maximum atomic E-state index is 11.9. The van der Waals surface area contributed by atoms with Crippen LogP contribution < -0.4 is 14.8 Å². The molecule has 2 rings (SSSR count). The number of nitrogens with zero attached hydrogens (tertiary/aromatic N) is 1. The van der Waals surface area contributed by atoms with Crippen LogP contribution in [0.3, 0.4) is 0 Å². The third-order valence-corrected chi connectivity index (χ3v) is 4.13. The highest BCUT2D eigenvalue weighted by Gasteiger charge is 2.23. The third-order valence-electron chi connectivity index (χ3n) is 4.13. The van der Waals surface area contributed by atoms with Gasteiger partial charge in [0.1, 0.15) is 17.1 Å². The molecule has 140 valence electrons. The monoisotopic (exact) mass is 350 g/mol. The molecule has 1 saturated heterocycles. The topological polar surface area (TPSA) is 60.0 Å². The van der Waals surface area contributed by atoms with Crippen LogP contribution in [-0.2, 0) is 11.3 Å². The van der Waals surface area contributed by atoms with E-state index in [2.05, 4.69) is 10.2 Å². The number of carbonyl (C=O) groups excluding carboxylic acids is 1. The average molecular weight is 350 g/mol. The van der Waals surface area contributed by atoms with Gasteiger partial charge in [-0.2, -0.15) is 0 Å². The lowest BCUT2D eigenvalue weighted by Crippen LogP contribution is -2.45. The first-order valence-electron chi connectivity index (χ1n) is 8.73. The van der Waals surface area contributed by atoms with Crippen LogP contribution in [0.15, 0.2) is 18.2 Å². The Morgan fingerprint density at radius 2 is 1.68 bits per heavy atom. The number of benzene rings is 1. The number of likely N-dealkylation sites (tertiary alicyclic amines) is 1. The fourth-order valence-electron chi connectivity index (χ4n) is 2.93. The number of ether oxygens (including phenoxy) is 3. The van der Waals surface area contributed by atoms with Gasteiger partial charge >= 0.3 is 6.09 Å². The maximum Gasteiger partial charge on any atom is 0.407 e. The van der Waals surface area contributed by atoms with Gasteiger partial charge in [-0.25, -0.2) is 4.79 Å². The zero-order valence-electron chi connectivity index (χ0n) is 15.9. The van der Waals surface area contributed by atoms with Gasteiger partial charge in [-0.1, -0.05) is 0 Å². The summed E-state index contributed by atoms with van der Waals surface area (Å²) in [5.74, 6) is 1.60. The van der Waals surface area contributed by atoms with Gasteiger partial charge in [0, 0.05) is 31.7 Å². The molecule has 1 aliphatic heterocycles. The van der Waals surface area contributed by atoms with Crippen molar-refractivity contribution in [3.05, 3.63) is 23.8 Å². The van der Waals surface area contributed by atoms with E-state index in [0.717, 1.165) is 49.5 Å². The molecule has 25 heavy (non-hydrogen) atoms. The van der Waals surface area contributed by atoms with E-state index in [-0.39, 0.29) is 12.1 Å². The summed E-state index contributed by atoms with van der Waals surface area (Å²) in [6.07, 6.45) is 1.50. The minimum Gasteiger partial charge on any atom is -0.497 e. The predicted octanol–water partition coefficient (Wildman–Crippen LogP) is 3.19. The van der Waals surface area contributed by atoms with Gasteiger partial charge in [-0.3, -0.25) is 4.90 Å². The molecule has 0 atom stereocenters. The SMILES string of the molecule is COc1cc(CN2CCC(NC(=O)OC(C)(C)C)CC2)cc(OC)c1. The van der Waals surface area contributed by atoms with E-state index in [0.29, 0.717) is 0 Å². The van der Waals surface area contributed by atoms with Crippen LogP contribution in [0.2, 0.25) is 0 Å².